The predicted molar refractivity (Wildman–Crippen MR) is 121 cm³/mol. The summed E-state index contributed by atoms with van der Waals surface area (Å²) in [4.78, 5) is 18.3. The molecule has 1 aliphatic carbocycles. The van der Waals surface area contributed by atoms with Gasteiger partial charge in [-0.2, -0.15) is 0 Å². The fraction of sp³-hybridized carbons (Fsp3) is 0.440. The molecule has 1 fully saturated rings. The normalized spacial score (nSPS) is 15.8. The van der Waals surface area contributed by atoms with Crippen molar-refractivity contribution in [2.24, 2.45) is 0 Å². The van der Waals surface area contributed by atoms with E-state index in [1.54, 1.807) is 7.11 Å². The highest BCUT2D eigenvalue weighted by molar-refractivity contribution is 5.87. The number of ether oxygens (including phenoxy) is 1. The van der Waals surface area contributed by atoms with Gasteiger partial charge >= 0.3 is 0 Å². The molecule has 0 aliphatic heterocycles. The number of hydrogen-bond acceptors (Lipinski definition) is 3. The first-order valence-corrected chi connectivity index (χ1v) is 11.0. The fourth-order valence-electron chi connectivity index (χ4n) is 4.46. The number of fused-ring (bicyclic) bond motifs is 1. The number of nitrogens with one attached hydrogen (secondary N) is 1. The largest absolute Gasteiger partial charge is 0.497 e. The number of benzene rings is 2. The average molecular weight is 406 g/mol. The molecule has 0 radical (unpaired) electrons. The van der Waals surface area contributed by atoms with Crippen LogP contribution in [-0.4, -0.2) is 28.6 Å². The van der Waals surface area contributed by atoms with Crippen molar-refractivity contribution >= 4 is 16.9 Å². The SMILES string of the molecule is CCC(C(=O)NC1CCCCC1)n1c(-c2ccc(C)cc2)nc2cc(OC)ccc21. The van der Waals surface area contributed by atoms with Crippen LogP contribution in [0.3, 0.4) is 0 Å². The first-order chi connectivity index (χ1) is 14.6. The van der Waals surface area contributed by atoms with Gasteiger partial charge in [0.2, 0.25) is 5.91 Å². The van der Waals surface area contributed by atoms with E-state index in [9.17, 15) is 4.79 Å². The Morgan fingerprint density at radius 1 is 1.17 bits per heavy atom. The Bertz CT molecular complexity index is 1020. The molecule has 4 rings (SSSR count). The number of hydrogen-bond donors (Lipinski definition) is 1. The summed E-state index contributed by atoms with van der Waals surface area (Å²) in [5.41, 5.74) is 4.01. The van der Waals surface area contributed by atoms with Gasteiger partial charge in [0.25, 0.3) is 0 Å². The van der Waals surface area contributed by atoms with Gasteiger partial charge in [-0.1, -0.05) is 56.0 Å². The summed E-state index contributed by atoms with van der Waals surface area (Å²) >= 11 is 0. The molecule has 1 aromatic heterocycles. The molecule has 2 aromatic carbocycles. The minimum absolute atomic E-state index is 0.0906. The van der Waals surface area contributed by atoms with E-state index in [2.05, 4.69) is 48.0 Å². The molecule has 5 nitrogen and oxygen atoms in total. The molecule has 1 saturated carbocycles. The van der Waals surface area contributed by atoms with Crippen LogP contribution in [-0.2, 0) is 4.79 Å². The second-order valence-electron chi connectivity index (χ2n) is 8.29. The Morgan fingerprint density at radius 3 is 2.57 bits per heavy atom. The van der Waals surface area contributed by atoms with Gasteiger partial charge in [-0.15, -0.1) is 0 Å². The van der Waals surface area contributed by atoms with E-state index in [1.807, 2.05) is 18.2 Å². The molecular weight excluding hydrogens is 374 g/mol. The average Bonchev–Trinajstić information content (AvgIpc) is 3.14. The molecule has 158 valence electrons. The Balaban J connectivity index is 1.78. The maximum absolute atomic E-state index is 13.4. The Kier molecular flexibility index (Phi) is 6.07. The minimum Gasteiger partial charge on any atom is -0.497 e. The van der Waals surface area contributed by atoms with Crippen molar-refractivity contribution in [2.75, 3.05) is 7.11 Å². The molecular formula is C25H31N3O2. The van der Waals surface area contributed by atoms with E-state index in [1.165, 1.54) is 24.8 Å². The van der Waals surface area contributed by atoms with Gasteiger partial charge in [-0.3, -0.25) is 4.79 Å². The van der Waals surface area contributed by atoms with Crippen LogP contribution in [0.15, 0.2) is 42.5 Å². The maximum atomic E-state index is 13.4. The van der Waals surface area contributed by atoms with Gasteiger partial charge in [0.05, 0.1) is 18.1 Å². The first kappa shape index (κ1) is 20.5. The molecule has 5 heteroatoms. The highest BCUT2D eigenvalue weighted by Gasteiger charge is 2.27. The van der Waals surface area contributed by atoms with Crippen molar-refractivity contribution in [3.05, 3.63) is 48.0 Å². The summed E-state index contributed by atoms with van der Waals surface area (Å²) in [6.07, 6.45) is 6.53. The molecule has 1 atom stereocenters. The van der Waals surface area contributed by atoms with E-state index in [0.29, 0.717) is 6.42 Å². The molecule has 1 heterocycles. The highest BCUT2D eigenvalue weighted by atomic mass is 16.5. The zero-order valence-electron chi connectivity index (χ0n) is 18.1. The number of carbonyl (C=O) groups excluding carboxylic acids is 1. The zero-order valence-corrected chi connectivity index (χ0v) is 18.1. The third-order valence-corrected chi connectivity index (χ3v) is 6.16. The van der Waals surface area contributed by atoms with Gasteiger partial charge in [0, 0.05) is 17.7 Å². The molecule has 1 N–H and O–H groups in total. The van der Waals surface area contributed by atoms with Crippen LogP contribution < -0.4 is 10.1 Å². The van der Waals surface area contributed by atoms with Crippen molar-refractivity contribution in [3.8, 4) is 17.1 Å². The number of imidazole rings is 1. The Morgan fingerprint density at radius 2 is 1.90 bits per heavy atom. The minimum atomic E-state index is -0.304. The monoisotopic (exact) mass is 405 g/mol. The number of nitrogens with zero attached hydrogens (tertiary/aromatic N) is 2. The van der Waals surface area contributed by atoms with Gasteiger partial charge in [0.15, 0.2) is 0 Å². The van der Waals surface area contributed by atoms with Crippen LogP contribution in [0.25, 0.3) is 22.4 Å². The highest BCUT2D eigenvalue weighted by Crippen LogP contribution is 2.32. The number of aromatic nitrogens is 2. The topological polar surface area (TPSA) is 56.2 Å². The molecule has 0 saturated heterocycles. The summed E-state index contributed by atoms with van der Waals surface area (Å²) < 4.78 is 7.51. The Labute approximate surface area is 178 Å². The third kappa shape index (κ3) is 4.07. The molecule has 0 spiro atoms. The first-order valence-electron chi connectivity index (χ1n) is 11.0. The summed E-state index contributed by atoms with van der Waals surface area (Å²) in [7, 11) is 1.66. The lowest BCUT2D eigenvalue weighted by Gasteiger charge is -2.26. The standard InChI is InChI=1S/C25H31N3O2/c1-4-22(25(29)26-19-8-6-5-7-9-19)28-23-15-14-20(30-3)16-21(23)27-24(28)18-12-10-17(2)11-13-18/h10-16,19,22H,4-9H2,1-3H3,(H,26,29). The number of rotatable bonds is 6. The van der Waals surface area contributed by atoms with E-state index in [0.717, 1.165) is 41.0 Å². The molecule has 30 heavy (non-hydrogen) atoms. The van der Waals surface area contributed by atoms with Gasteiger partial charge in [0.1, 0.15) is 17.6 Å². The fourth-order valence-corrected chi connectivity index (χ4v) is 4.46. The number of amides is 1. The van der Waals surface area contributed by atoms with Crippen LogP contribution in [0, 0.1) is 6.92 Å². The van der Waals surface area contributed by atoms with Gasteiger partial charge in [-0.25, -0.2) is 4.98 Å². The summed E-state index contributed by atoms with van der Waals surface area (Å²) in [5.74, 6) is 1.68. The van der Waals surface area contributed by atoms with Gasteiger partial charge in [-0.05, 0) is 38.3 Å². The van der Waals surface area contributed by atoms with Crippen LogP contribution >= 0.6 is 0 Å². The predicted octanol–water partition coefficient (Wildman–Crippen LogP) is 5.42. The van der Waals surface area contributed by atoms with Crippen molar-refractivity contribution in [2.45, 2.75) is 64.5 Å². The molecule has 3 aromatic rings. The van der Waals surface area contributed by atoms with E-state index in [-0.39, 0.29) is 18.0 Å². The number of aryl methyl sites for hydroxylation is 1. The molecule has 1 unspecified atom stereocenters. The molecule has 1 amide bonds. The van der Waals surface area contributed by atoms with Crippen LogP contribution in [0.1, 0.15) is 57.1 Å². The second kappa shape index (κ2) is 8.90. The van der Waals surface area contributed by atoms with Crippen LogP contribution in [0.5, 0.6) is 5.75 Å². The Hall–Kier alpha value is -2.82. The van der Waals surface area contributed by atoms with E-state index < -0.39 is 0 Å². The maximum Gasteiger partial charge on any atom is 0.243 e. The number of carbonyl (C=O) groups is 1. The van der Waals surface area contributed by atoms with Crippen LogP contribution in [0.2, 0.25) is 0 Å². The van der Waals surface area contributed by atoms with Crippen molar-refractivity contribution < 1.29 is 9.53 Å². The van der Waals surface area contributed by atoms with Gasteiger partial charge < -0.3 is 14.6 Å². The zero-order chi connectivity index (χ0) is 21.1. The quantitative estimate of drug-likeness (QED) is 0.596. The van der Waals surface area contributed by atoms with Crippen molar-refractivity contribution in [1.82, 2.24) is 14.9 Å². The lowest BCUT2D eigenvalue weighted by molar-refractivity contribution is -0.125. The third-order valence-electron chi connectivity index (χ3n) is 6.16. The van der Waals surface area contributed by atoms with Crippen molar-refractivity contribution in [1.29, 1.82) is 0 Å². The lowest BCUT2D eigenvalue weighted by atomic mass is 9.95. The van der Waals surface area contributed by atoms with E-state index >= 15 is 0 Å². The second-order valence-corrected chi connectivity index (χ2v) is 8.29. The van der Waals surface area contributed by atoms with Crippen molar-refractivity contribution in [3.63, 3.8) is 0 Å². The summed E-state index contributed by atoms with van der Waals surface area (Å²) in [5, 5.41) is 3.32. The molecule has 0 bridgehead atoms. The molecule has 1 aliphatic rings. The smallest absolute Gasteiger partial charge is 0.243 e. The van der Waals surface area contributed by atoms with E-state index in [4.69, 9.17) is 9.72 Å². The summed E-state index contributed by atoms with van der Waals surface area (Å²) in [6.45, 7) is 4.14. The summed E-state index contributed by atoms with van der Waals surface area (Å²) in [6, 6.07) is 14.2. The number of methoxy groups -OCH3 is 1. The van der Waals surface area contributed by atoms with Crippen LogP contribution in [0.4, 0.5) is 0 Å². The lowest BCUT2D eigenvalue weighted by Crippen LogP contribution is -2.40.